The largest absolute Gasteiger partial charge is 0.481 e. The topological polar surface area (TPSA) is 66.4 Å². The molecule has 2 rings (SSSR count). The van der Waals surface area contributed by atoms with E-state index < -0.39 is 5.97 Å². The van der Waals surface area contributed by atoms with Gasteiger partial charge in [-0.25, -0.2) is 0 Å². The van der Waals surface area contributed by atoms with E-state index in [2.05, 4.69) is 21.2 Å². The van der Waals surface area contributed by atoms with E-state index >= 15 is 0 Å². The highest BCUT2D eigenvalue weighted by molar-refractivity contribution is 9.10. The molecule has 0 aromatic carbocycles. The minimum atomic E-state index is -0.779. The van der Waals surface area contributed by atoms with Crippen LogP contribution in [0.2, 0.25) is 0 Å². The minimum absolute atomic E-state index is 0.0220. The molecule has 6 heteroatoms. The Morgan fingerprint density at radius 3 is 2.79 bits per heavy atom. The van der Waals surface area contributed by atoms with Crippen LogP contribution < -0.4 is 5.32 Å². The summed E-state index contributed by atoms with van der Waals surface area (Å²) in [7, 11) is 0. The van der Waals surface area contributed by atoms with Gasteiger partial charge in [0, 0.05) is 15.3 Å². The van der Waals surface area contributed by atoms with Crippen LogP contribution in [0.4, 0.5) is 0 Å². The average Bonchev–Trinajstić information content (AvgIpc) is 2.81. The van der Waals surface area contributed by atoms with E-state index in [1.165, 1.54) is 0 Å². The lowest BCUT2D eigenvalue weighted by Gasteiger charge is -2.25. The fourth-order valence-electron chi connectivity index (χ4n) is 2.42. The highest BCUT2D eigenvalue weighted by Gasteiger charge is 2.30. The van der Waals surface area contributed by atoms with E-state index in [-0.39, 0.29) is 17.7 Å². The summed E-state index contributed by atoms with van der Waals surface area (Å²) in [5.41, 5.74) is 0. The number of nitrogens with one attached hydrogen (secondary N) is 1. The molecule has 0 aliphatic heterocycles. The molecule has 4 nitrogen and oxygen atoms in total. The van der Waals surface area contributed by atoms with E-state index in [0.29, 0.717) is 19.4 Å². The monoisotopic (exact) mass is 345 g/mol. The Morgan fingerprint density at radius 1 is 1.42 bits per heavy atom. The number of aliphatic carboxylic acids is 1. The standard InChI is InChI=1S/C13H16BrNO3S/c14-10-4-5-19-11(10)7-15-12(16)8-2-1-3-9(6-8)13(17)18/h4-5,8-9H,1-3,6-7H2,(H,15,16)(H,17,18). The summed E-state index contributed by atoms with van der Waals surface area (Å²) in [6.45, 7) is 0.505. The first kappa shape index (κ1) is 14.5. The summed E-state index contributed by atoms with van der Waals surface area (Å²) in [5, 5.41) is 13.9. The fraction of sp³-hybridized carbons (Fsp3) is 0.538. The molecule has 1 aliphatic carbocycles. The van der Waals surface area contributed by atoms with Crippen molar-refractivity contribution in [2.24, 2.45) is 11.8 Å². The number of carboxylic acids is 1. The molecule has 0 saturated heterocycles. The van der Waals surface area contributed by atoms with Crippen LogP contribution in [-0.2, 0) is 16.1 Å². The van der Waals surface area contributed by atoms with Crippen molar-refractivity contribution >= 4 is 39.1 Å². The van der Waals surface area contributed by atoms with Crippen LogP contribution in [0.3, 0.4) is 0 Å². The molecule has 1 amide bonds. The average molecular weight is 346 g/mol. The van der Waals surface area contributed by atoms with Gasteiger partial charge in [-0.05, 0) is 46.6 Å². The molecule has 0 bridgehead atoms. The zero-order valence-corrected chi connectivity index (χ0v) is 12.8. The van der Waals surface area contributed by atoms with Gasteiger partial charge in [-0.2, -0.15) is 0 Å². The Morgan fingerprint density at radius 2 is 2.16 bits per heavy atom. The van der Waals surface area contributed by atoms with Crippen molar-refractivity contribution in [3.63, 3.8) is 0 Å². The second-order valence-corrected chi connectivity index (χ2v) is 6.66. The quantitative estimate of drug-likeness (QED) is 0.881. The van der Waals surface area contributed by atoms with Crippen molar-refractivity contribution in [1.82, 2.24) is 5.32 Å². The van der Waals surface area contributed by atoms with E-state index in [1.807, 2.05) is 11.4 Å². The van der Waals surface area contributed by atoms with Gasteiger partial charge in [0.25, 0.3) is 0 Å². The number of amides is 1. The first-order valence-electron chi connectivity index (χ1n) is 6.30. The molecule has 0 spiro atoms. The lowest BCUT2D eigenvalue weighted by molar-refractivity contribution is -0.144. The van der Waals surface area contributed by atoms with E-state index in [4.69, 9.17) is 5.11 Å². The summed E-state index contributed by atoms with van der Waals surface area (Å²) in [5.74, 6) is -1.32. The zero-order chi connectivity index (χ0) is 13.8. The van der Waals surface area contributed by atoms with Gasteiger partial charge in [-0.3, -0.25) is 9.59 Å². The lowest BCUT2D eigenvalue weighted by Crippen LogP contribution is -2.35. The van der Waals surface area contributed by atoms with Gasteiger partial charge in [-0.15, -0.1) is 11.3 Å². The second-order valence-electron chi connectivity index (χ2n) is 4.81. The molecule has 1 aliphatic rings. The van der Waals surface area contributed by atoms with Gasteiger partial charge < -0.3 is 10.4 Å². The van der Waals surface area contributed by atoms with Crippen LogP contribution in [0.15, 0.2) is 15.9 Å². The van der Waals surface area contributed by atoms with Crippen LogP contribution in [0.1, 0.15) is 30.6 Å². The van der Waals surface area contributed by atoms with Crippen molar-refractivity contribution in [3.8, 4) is 0 Å². The number of carbonyl (C=O) groups is 2. The van der Waals surface area contributed by atoms with Crippen molar-refractivity contribution in [2.75, 3.05) is 0 Å². The molecule has 0 radical (unpaired) electrons. The number of carbonyl (C=O) groups excluding carboxylic acids is 1. The molecule has 1 aromatic heterocycles. The third-order valence-corrected chi connectivity index (χ3v) is 5.43. The molecule has 1 saturated carbocycles. The fourth-order valence-corrected chi connectivity index (χ4v) is 3.85. The maximum atomic E-state index is 12.1. The Balaban J connectivity index is 1.86. The maximum Gasteiger partial charge on any atom is 0.306 e. The molecule has 1 heterocycles. The van der Waals surface area contributed by atoms with E-state index in [9.17, 15) is 9.59 Å². The summed E-state index contributed by atoms with van der Waals surface area (Å²) in [6.07, 6.45) is 2.77. The van der Waals surface area contributed by atoms with Crippen molar-refractivity contribution in [2.45, 2.75) is 32.2 Å². The van der Waals surface area contributed by atoms with Gasteiger partial charge in [0.1, 0.15) is 0 Å². The number of halogens is 1. The van der Waals surface area contributed by atoms with Crippen LogP contribution in [-0.4, -0.2) is 17.0 Å². The van der Waals surface area contributed by atoms with Crippen LogP contribution >= 0.6 is 27.3 Å². The third kappa shape index (κ3) is 3.79. The van der Waals surface area contributed by atoms with Gasteiger partial charge in [0.2, 0.25) is 5.91 Å². The van der Waals surface area contributed by atoms with Gasteiger partial charge in [0.15, 0.2) is 0 Å². The smallest absolute Gasteiger partial charge is 0.306 e. The summed E-state index contributed by atoms with van der Waals surface area (Å²) >= 11 is 5.01. The molecule has 104 valence electrons. The first-order chi connectivity index (χ1) is 9.08. The first-order valence-corrected chi connectivity index (χ1v) is 7.97. The second kappa shape index (κ2) is 6.52. The van der Waals surface area contributed by atoms with Crippen molar-refractivity contribution < 1.29 is 14.7 Å². The molecule has 1 aromatic rings. The summed E-state index contributed by atoms with van der Waals surface area (Å²) < 4.78 is 1.00. The Labute approximate surface area is 124 Å². The molecule has 2 unspecified atom stereocenters. The normalized spacial score (nSPS) is 23.0. The Hall–Kier alpha value is -0.880. The number of rotatable bonds is 4. The molecule has 1 fully saturated rings. The molecular weight excluding hydrogens is 330 g/mol. The summed E-state index contributed by atoms with van der Waals surface area (Å²) in [4.78, 5) is 24.1. The number of thiophene rings is 1. The molecular formula is C13H16BrNO3S. The minimum Gasteiger partial charge on any atom is -0.481 e. The van der Waals surface area contributed by atoms with E-state index in [0.717, 1.165) is 22.2 Å². The number of hydrogen-bond donors (Lipinski definition) is 2. The summed E-state index contributed by atoms with van der Waals surface area (Å²) in [6, 6.07) is 1.95. The molecule has 19 heavy (non-hydrogen) atoms. The Bertz CT molecular complexity index is 474. The van der Waals surface area contributed by atoms with Gasteiger partial charge in [0.05, 0.1) is 12.5 Å². The highest BCUT2D eigenvalue weighted by Crippen LogP contribution is 2.29. The van der Waals surface area contributed by atoms with Crippen LogP contribution in [0.5, 0.6) is 0 Å². The predicted molar refractivity (Wildman–Crippen MR) is 76.9 cm³/mol. The van der Waals surface area contributed by atoms with Gasteiger partial charge >= 0.3 is 5.97 Å². The molecule has 2 N–H and O–H groups in total. The van der Waals surface area contributed by atoms with Gasteiger partial charge in [-0.1, -0.05) is 6.42 Å². The highest BCUT2D eigenvalue weighted by atomic mass is 79.9. The number of carboxylic acid groups (broad SMARTS) is 1. The van der Waals surface area contributed by atoms with Crippen LogP contribution in [0.25, 0.3) is 0 Å². The van der Waals surface area contributed by atoms with Crippen molar-refractivity contribution in [1.29, 1.82) is 0 Å². The maximum absolute atomic E-state index is 12.1. The SMILES string of the molecule is O=C(O)C1CCCC(C(=O)NCc2sccc2Br)C1. The third-order valence-electron chi connectivity index (χ3n) is 3.51. The Kier molecular flexibility index (Phi) is 4.99. The predicted octanol–water partition coefficient (Wildman–Crippen LogP) is 3.02. The molecule has 2 atom stereocenters. The number of hydrogen-bond acceptors (Lipinski definition) is 3. The van der Waals surface area contributed by atoms with E-state index in [1.54, 1.807) is 11.3 Å². The van der Waals surface area contributed by atoms with Crippen molar-refractivity contribution in [3.05, 3.63) is 20.8 Å². The zero-order valence-electron chi connectivity index (χ0n) is 10.4. The van der Waals surface area contributed by atoms with Crippen LogP contribution in [0, 0.1) is 11.8 Å². The lowest BCUT2D eigenvalue weighted by atomic mass is 9.81.